The number of aliphatic hydroxyl groups excluding tert-OH is 5. The van der Waals surface area contributed by atoms with Crippen LogP contribution in [0.5, 0.6) is 0 Å². The highest BCUT2D eigenvalue weighted by Gasteiger charge is 2.44. The first-order valence-corrected chi connectivity index (χ1v) is 30.7. The summed E-state index contributed by atoms with van der Waals surface area (Å²) in [5, 5.41) is 54.4. The van der Waals surface area contributed by atoms with Crippen molar-refractivity contribution in [2.24, 2.45) is 0 Å². The van der Waals surface area contributed by atoms with Crippen LogP contribution in [0, 0.1) is 0 Å². The number of unbranched alkanes of at least 4 members (excludes halogenated alkanes) is 39. The van der Waals surface area contributed by atoms with E-state index in [-0.39, 0.29) is 12.5 Å². The molecule has 0 aromatic heterocycles. The second-order valence-corrected chi connectivity index (χ2v) is 21.5. The van der Waals surface area contributed by atoms with Gasteiger partial charge in [0.1, 0.15) is 24.4 Å². The van der Waals surface area contributed by atoms with Crippen LogP contribution in [0.15, 0.2) is 36.5 Å². The zero-order valence-corrected chi connectivity index (χ0v) is 46.5. The van der Waals surface area contributed by atoms with E-state index in [9.17, 15) is 30.3 Å². The van der Waals surface area contributed by atoms with Crippen molar-refractivity contribution in [3.8, 4) is 0 Å². The van der Waals surface area contributed by atoms with Crippen molar-refractivity contribution < 1.29 is 39.8 Å². The standard InChI is InChI=1S/C62H117NO8/c1-3-5-7-9-11-13-15-17-18-19-20-21-22-23-24-25-26-27-28-29-30-31-32-33-34-35-36-37-38-40-42-44-46-48-50-52-58(66)63-55(54-70-62-61(69)60(68)59(67)57(53-64)71-62)56(65)51-49-47-45-43-41-39-16-14-12-10-8-6-4-2/h22-23,25-26,49,51,55-57,59-62,64-65,67-69H,3-21,24,27-48,50,52-54H2,1-2H3,(H,63,66)/b23-22-,26-25-,51-49+. The van der Waals surface area contributed by atoms with Crippen molar-refractivity contribution in [1.29, 1.82) is 0 Å². The lowest BCUT2D eigenvalue weighted by atomic mass is 9.99. The first kappa shape index (κ1) is 67.4. The molecule has 7 atom stereocenters. The van der Waals surface area contributed by atoms with E-state index in [4.69, 9.17) is 9.47 Å². The van der Waals surface area contributed by atoms with Crippen molar-refractivity contribution in [2.75, 3.05) is 13.2 Å². The van der Waals surface area contributed by atoms with Crippen LogP contribution in [0.25, 0.3) is 0 Å². The minimum absolute atomic E-state index is 0.174. The molecule has 1 rings (SSSR count). The molecule has 1 saturated heterocycles. The van der Waals surface area contributed by atoms with Gasteiger partial charge < -0.3 is 40.3 Å². The maximum absolute atomic E-state index is 13.0. The van der Waals surface area contributed by atoms with Gasteiger partial charge >= 0.3 is 0 Å². The van der Waals surface area contributed by atoms with Crippen molar-refractivity contribution in [3.05, 3.63) is 36.5 Å². The molecule has 1 aliphatic heterocycles. The number of amides is 1. The van der Waals surface area contributed by atoms with Gasteiger partial charge in [0.25, 0.3) is 0 Å². The van der Waals surface area contributed by atoms with Crippen LogP contribution in [0.1, 0.15) is 296 Å². The Bertz CT molecular complexity index is 1210. The number of carbonyl (C=O) groups is 1. The quantitative estimate of drug-likeness (QED) is 0.0261. The maximum atomic E-state index is 13.0. The summed E-state index contributed by atoms with van der Waals surface area (Å²) in [7, 11) is 0. The molecule has 1 heterocycles. The molecule has 1 aliphatic rings. The second-order valence-electron chi connectivity index (χ2n) is 21.5. The van der Waals surface area contributed by atoms with Gasteiger partial charge in [0.05, 0.1) is 25.4 Å². The molecule has 9 heteroatoms. The minimum atomic E-state index is -1.57. The molecule has 0 aromatic carbocycles. The zero-order valence-electron chi connectivity index (χ0n) is 46.5. The summed E-state index contributed by atoms with van der Waals surface area (Å²) in [6, 6.07) is -0.803. The summed E-state index contributed by atoms with van der Waals surface area (Å²) < 4.78 is 11.3. The van der Waals surface area contributed by atoms with E-state index in [2.05, 4.69) is 43.5 Å². The Morgan fingerprint density at radius 3 is 1.21 bits per heavy atom. The number of nitrogens with one attached hydrogen (secondary N) is 1. The Balaban J connectivity index is 2.08. The van der Waals surface area contributed by atoms with E-state index < -0.39 is 49.5 Å². The van der Waals surface area contributed by atoms with Gasteiger partial charge in [0.2, 0.25) is 5.91 Å². The average Bonchev–Trinajstić information content (AvgIpc) is 3.37. The summed E-state index contributed by atoms with van der Waals surface area (Å²) in [6.07, 6.45) is 61.0. The van der Waals surface area contributed by atoms with E-state index in [1.54, 1.807) is 6.08 Å². The molecular formula is C62H117NO8. The summed E-state index contributed by atoms with van der Waals surface area (Å²) in [5.74, 6) is -0.174. The van der Waals surface area contributed by atoms with Crippen LogP contribution in [-0.4, -0.2) is 87.5 Å². The molecule has 418 valence electrons. The first-order valence-electron chi connectivity index (χ1n) is 30.7. The summed E-state index contributed by atoms with van der Waals surface area (Å²) in [6.45, 7) is 3.80. The molecule has 7 unspecified atom stereocenters. The highest BCUT2D eigenvalue weighted by molar-refractivity contribution is 5.76. The predicted octanol–water partition coefficient (Wildman–Crippen LogP) is 15.5. The van der Waals surface area contributed by atoms with Crippen molar-refractivity contribution >= 4 is 5.91 Å². The Hall–Kier alpha value is -1.59. The fourth-order valence-corrected chi connectivity index (χ4v) is 9.84. The highest BCUT2D eigenvalue weighted by Crippen LogP contribution is 2.23. The minimum Gasteiger partial charge on any atom is -0.394 e. The molecule has 0 radical (unpaired) electrons. The maximum Gasteiger partial charge on any atom is 0.220 e. The fourth-order valence-electron chi connectivity index (χ4n) is 9.84. The molecule has 71 heavy (non-hydrogen) atoms. The van der Waals surface area contributed by atoms with E-state index in [0.29, 0.717) is 6.42 Å². The van der Waals surface area contributed by atoms with Crippen molar-refractivity contribution in [1.82, 2.24) is 5.32 Å². The molecule has 0 spiro atoms. The van der Waals surface area contributed by atoms with Gasteiger partial charge in [-0.25, -0.2) is 0 Å². The predicted molar refractivity (Wildman–Crippen MR) is 300 cm³/mol. The molecule has 1 amide bonds. The van der Waals surface area contributed by atoms with Crippen molar-refractivity contribution in [3.63, 3.8) is 0 Å². The van der Waals surface area contributed by atoms with Crippen LogP contribution in [-0.2, 0) is 14.3 Å². The lowest BCUT2D eigenvalue weighted by Gasteiger charge is -2.40. The number of allylic oxidation sites excluding steroid dienone is 5. The van der Waals surface area contributed by atoms with Crippen LogP contribution in [0.4, 0.5) is 0 Å². The summed E-state index contributed by atoms with van der Waals surface area (Å²) >= 11 is 0. The third-order valence-electron chi connectivity index (χ3n) is 14.7. The zero-order chi connectivity index (χ0) is 51.5. The van der Waals surface area contributed by atoms with Gasteiger partial charge in [0.15, 0.2) is 6.29 Å². The number of carbonyl (C=O) groups excluding carboxylic acids is 1. The summed E-state index contributed by atoms with van der Waals surface area (Å²) in [5.41, 5.74) is 0. The Morgan fingerprint density at radius 2 is 0.831 bits per heavy atom. The first-order chi connectivity index (χ1) is 34.8. The van der Waals surface area contributed by atoms with Gasteiger partial charge in [-0.2, -0.15) is 0 Å². The topological polar surface area (TPSA) is 149 Å². The number of rotatable bonds is 53. The van der Waals surface area contributed by atoms with Crippen molar-refractivity contribution in [2.45, 2.75) is 339 Å². The van der Waals surface area contributed by atoms with E-state index in [1.807, 2.05) is 6.08 Å². The average molecular weight is 1000 g/mol. The van der Waals surface area contributed by atoms with E-state index in [1.165, 1.54) is 231 Å². The van der Waals surface area contributed by atoms with Gasteiger partial charge in [0, 0.05) is 6.42 Å². The number of hydrogen-bond donors (Lipinski definition) is 6. The van der Waals surface area contributed by atoms with E-state index >= 15 is 0 Å². The van der Waals surface area contributed by atoms with Crippen LogP contribution >= 0.6 is 0 Å². The molecule has 0 saturated carbocycles. The van der Waals surface area contributed by atoms with Gasteiger partial charge in [-0.05, 0) is 51.4 Å². The molecular weight excluding hydrogens is 887 g/mol. The SMILES string of the molecule is CCCCCCCCCCCCC/C=C\C/C=C\CCCCCCCCCCCCCCCCCCCC(=O)NC(COC1OC(CO)C(O)C(O)C1O)C(O)/C=C/CCCCCCCCCCCCC. The fraction of sp³-hybridized carbons (Fsp3) is 0.887. The van der Waals surface area contributed by atoms with Gasteiger partial charge in [-0.1, -0.05) is 275 Å². The monoisotopic (exact) mass is 1000 g/mol. The normalized spacial score (nSPS) is 19.5. The smallest absolute Gasteiger partial charge is 0.220 e. The number of aliphatic hydroxyl groups is 5. The highest BCUT2D eigenvalue weighted by atomic mass is 16.7. The Labute approximate surface area is 438 Å². The van der Waals surface area contributed by atoms with Crippen LogP contribution in [0.2, 0.25) is 0 Å². The molecule has 0 bridgehead atoms. The molecule has 6 N–H and O–H groups in total. The Kier molecular flexibility index (Phi) is 49.3. The Morgan fingerprint density at radius 1 is 0.479 bits per heavy atom. The molecule has 1 fully saturated rings. The second kappa shape index (κ2) is 51.9. The number of hydrogen-bond acceptors (Lipinski definition) is 8. The molecule has 0 aromatic rings. The van der Waals surface area contributed by atoms with Crippen LogP contribution < -0.4 is 5.32 Å². The molecule has 0 aliphatic carbocycles. The summed E-state index contributed by atoms with van der Waals surface area (Å²) in [4.78, 5) is 13.0. The van der Waals surface area contributed by atoms with E-state index in [0.717, 1.165) is 44.9 Å². The number of ether oxygens (including phenoxy) is 2. The lowest BCUT2D eigenvalue weighted by Crippen LogP contribution is -2.60. The van der Waals surface area contributed by atoms with Crippen LogP contribution in [0.3, 0.4) is 0 Å². The molecule has 9 nitrogen and oxygen atoms in total. The largest absolute Gasteiger partial charge is 0.394 e. The van der Waals surface area contributed by atoms with Gasteiger partial charge in [-0.15, -0.1) is 0 Å². The third kappa shape index (κ3) is 41.4. The van der Waals surface area contributed by atoms with Gasteiger partial charge in [-0.3, -0.25) is 4.79 Å². The lowest BCUT2D eigenvalue weighted by molar-refractivity contribution is -0.302. The third-order valence-corrected chi connectivity index (χ3v) is 14.7.